The number of fused-ring (bicyclic) bond motifs is 2. The fraction of sp³-hybridized carbons (Fsp3) is 0.407. The molecule has 0 atom stereocenters. The van der Waals surface area contributed by atoms with Gasteiger partial charge in [-0.15, -0.1) is 0 Å². The van der Waals surface area contributed by atoms with Crippen molar-refractivity contribution in [3.63, 3.8) is 0 Å². The second-order valence-electron chi connectivity index (χ2n) is 18.0. The van der Waals surface area contributed by atoms with E-state index in [0.29, 0.717) is 36.9 Å². The van der Waals surface area contributed by atoms with Gasteiger partial charge >= 0.3 is 0 Å². The summed E-state index contributed by atoms with van der Waals surface area (Å²) >= 11 is 0. The summed E-state index contributed by atoms with van der Waals surface area (Å²) in [7, 11) is 0. The molecular weight excluding hydrogens is 813 g/mol. The van der Waals surface area contributed by atoms with Crippen LogP contribution in [0.4, 0.5) is 0 Å². The number of hydrogen-bond donors (Lipinski definition) is 1. The molecule has 0 radical (unpaired) electrons. The first-order valence-corrected chi connectivity index (χ1v) is 23.8. The molecule has 1 N–H and O–H groups in total. The molecule has 6 aromatic rings. The van der Waals surface area contributed by atoms with Crippen molar-refractivity contribution >= 4 is 45.4 Å². The molecule has 340 valence electrons. The first-order valence-electron chi connectivity index (χ1n) is 23.8. The topological polar surface area (TPSA) is 109 Å². The molecule has 5 heterocycles. The average molecular weight is 877 g/mol. The lowest BCUT2D eigenvalue weighted by molar-refractivity contribution is -0.121. The maximum atomic E-state index is 13.2. The van der Waals surface area contributed by atoms with Crippen molar-refractivity contribution in [2.45, 2.75) is 64.8 Å². The minimum Gasteiger partial charge on any atom is -0.379 e. The molecule has 3 aliphatic rings. The van der Waals surface area contributed by atoms with Crippen LogP contribution in [-0.2, 0) is 28.9 Å². The molecule has 0 spiro atoms. The van der Waals surface area contributed by atoms with E-state index < -0.39 is 0 Å². The molecule has 0 saturated carbocycles. The van der Waals surface area contributed by atoms with E-state index in [1.165, 1.54) is 11.1 Å². The predicted molar refractivity (Wildman–Crippen MR) is 257 cm³/mol. The minimum atomic E-state index is 0.0119. The maximum Gasteiger partial charge on any atom is 0.253 e. The van der Waals surface area contributed by atoms with Crippen molar-refractivity contribution in [3.05, 3.63) is 144 Å². The summed E-state index contributed by atoms with van der Waals surface area (Å²) in [5.74, 6) is 1.56. The molecule has 3 aliphatic heterocycles. The van der Waals surface area contributed by atoms with E-state index in [1.54, 1.807) is 4.57 Å². The number of benzene rings is 4. The van der Waals surface area contributed by atoms with Gasteiger partial charge in [-0.2, -0.15) is 0 Å². The fourth-order valence-electron chi connectivity index (χ4n) is 9.58. The molecule has 0 unspecified atom stereocenters. The summed E-state index contributed by atoms with van der Waals surface area (Å²) in [4.78, 5) is 57.3. The fourth-order valence-corrected chi connectivity index (χ4v) is 9.58. The zero-order valence-corrected chi connectivity index (χ0v) is 37.9. The van der Waals surface area contributed by atoms with Gasteiger partial charge in [0.1, 0.15) is 6.54 Å². The molecule has 0 aliphatic carbocycles. The molecule has 0 bridgehead atoms. The third-order valence-electron chi connectivity index (χ3n) is 13.4. The number of likely N-dealkylation sites (tertiary alicyclic amines) is 2. The highest BCUT2D eigenvalue weighted by Crippen LogP contribution is 2.27. The van der Waals surface area contributed by atoms with Crippen LogP contribution in [0.2, 0.25) is 0 Å². The van der Waals surface area contributed by atoms with Gasteiger partial charge in [-0.3, -0.25) is 28.6 Å². The molecule has 9 rings (SSSR count). The number of aromatic nitrogens is 2. The Bertz CT molecular complexity index is 2510. The molecule has 3 fully saturated rings. The molecule has 2 aromatic heterocycles. The summed E-state index contributed by atoms with van der Waals surface area (Å²) in [5, 5.41) is 4.83. The standard InChI is InChI=1S/C28H33N3O3.C26H31N3O2/c32-27(11-12-29-16-18-34-19-17-29)31-15-10-24-21-25(6-7-26(24)31)28(33)30-13-8-23(9-14-30)20-22-4-2-1-3-5-22;1-2-13-27-25(30)19-29-16-12-22-18-23(8-9-24(22)29)26(31)28-14-10-21(11-15-28)17-20-6-4-3-5-7-20/h1-7,10,15,21,23H,8-9,11-14,16-20H2;3-9,12,16,18,21H,2,10-11,13-15,17,19H2,1H3,(H,27,30). The van der Waals surface area contributed by atoms with E-state index in [2.05, 4.69) is 70.9 Å². The van der Waals surface area contributed by atoms with Gasteiger partial charge in [-0.25, -0.2) is 0 Å². The first-order chi connectivity index (χ1) is 31.8. The van der Waals surface area contributed by atoms with Crippen LogP contribution >= 0.6 is 0 Å². The Morgan fingerprint density at radius 1 is 0.615 bits per heavy atom. The van der Waals surface area contributed by atoms with Crippen LogP contribution in [0.25, 0.3) is 21.8 Å². The Hall–Kier alpha value is -6.04. The van der Waals surface area contributed by atoms with Crippen molar-refractivity contribution < 1.29 is 23.9 Å². The van der Waals surface area contributed by atoms with Crippen molar-refractivity contribution in [1.29, 1.82) is 0 Å². The van der Waals surface area contributed by atoms with Crippen LogP contribution in [0.3, 0.4) is 0 Å². The summed E-state index contributed by atoms with van der Waals surface area (Å²) in [5.41, 5.74) is 6.02. The molecule has 11 heteroatoms. The maximum absolute atomic E-state index is 13.2. The largest absolute Gasteiger partial charge is 0.379 e. The monoisotopic (exact) mass is 876 g/mol. The van der Waals surface area contributed by atoms with Crippen LogP contribution in [0.15, 0.2) is 122 Å². The van der Waals surface area contributed by atoms with E-state index in [0.717, 1.165) is 131 Å². The van der Waals surface area contributed by atoms with E-state index in [-0.39, 0.29) is 23.6 Å². The van der Waals surface area contributed by atoms with Gasteiger partial charge in [0.05, 0.1) is 18.7 Å². The number of nitrogens with one attached hydrogen (secondary N) is 1. The van der Waals surface area contributed by atoms with E-state index in [1.807, 2.05) is 82.2 Å². The third-order valence-corrected chi connectivity index (χ3v) is 13.4. The zero-order chi connectivity index (χ0) is 45.0. The van der Waals surface area contributed by atoms with Gasteiger partial charge in [0.15, 0.2) is 0 Å². The van der Waals surface area contributed by atoms with E-state index >= 15 is 0 Å². The highest BCUT2D eigenvalue weighted by Gasteiger charge is 2.26. The van der Waals surface area contributed by atoms with Crippen LogP contribution in [0.5, 0.6) is 0 Å². The average Bonchev–Trinajstić information content (AvgIpc) is 3.97. The number of rotatable bonds is 13. The second-order valence-corrected chi connectivity index (χ2v) is 18.0. The minimum absolute atomic E-state index is 0.0119. The van der Waals surface area contributed by atoms with Crippen molar-refractivity contribution in [1.82, 2.24) is 29.2 Å². The highest BCUT2D eigenvalue weighted by atomic mass is 16.5. The van der Waals surface area contributed by atoms with Crippen molar-refractivity contribution in [3.8, 4) is 0 Å². The van der Waals surface area contributed by atoms with Crippen molar-refractivity contribution in [2.24, 2.45) is 11.8 Å². The summed E-state index contributed by atoms with van der Waals surface area (Å²) in [6.45, 7) is 10.2. The predicted octanol–water partition coefficient (Wildman–Crippen LogP) is 8.36. The summed E-state index contributed by atoms with van der Waals surface area (Å²) in [6, 6.07) is 36.6. The van der Waals surface area contributed by atoms with E-state index in [4.69, 9.17) is 4.74 Å². The molecule has 3 saturated heterocycles. The Kier molecular flexibility index (Phi) is 15.6. The lowest BCUT2D eigenvalue weighted by Gasteiger charge is -2.32. The molecule has 3 amide bonds. The number of hydrogen-bond acceptors (Lipinski definition) is 6. The highest BCUT2D eigenvalue weighted by molar-refractivity contribution is 6.00. The van der Waals surface area contributed by atoms with Gasteiger partial charge in [0.25, 0.3) is 11.8 Å². The van der Waals surface area contributed by atoms with Crippen LogP contribution in [0, 0.1) is 11.8 Å². The second kappa shape index (κ2) is 22.2. The number of morpholine rings is 1. The number of piperidine rings is 2. The van der Waals surface area contributed by atoms with Gasteiger partial charge in [-0.1, -0.05) is 67.6 Å². The van der Waals surface area contributed by atoms with Gasteiger partial charge in [0, 0.05) is 98.6 Å². The van der Waals surface area contributed by atoms with Crippen LogP contribution in [0.1, 0.15) is 82.1 Å². The lowest BCUT2D eigenvalue weighted by atomic mass is 9.90. The quantitative estimate of drug-likeness (QED) is 0.125. The normalized spacial score (nSPS) is 16.3. The number of carbonyl (C=O) groups excluding carboxylic acids is 4. The van der Waals surface area contributed by atoms with Crippen LogP contribution < -0.4 is 5.32 Å². The molecule has 65 heavy (non-hydrogen) atoms. The SMILES string of the molecule is CCCNC(=O)Cn1ccc2cc(C(=O)N3CCC(Cc4ccccc4)CC3)ccc21.O=C(c1ccc2c(ccn2C(=O)CCN2CCOCC2)c1)N1CCC(Cc2ccccc2)CC1. The van der Waals surface area contributed by atoms with Crippen LogP contribution in [-0.4, -0.2) is 113 Å². The Labute approximate surface area is 383 Å². The molecule has 11 nitrogen and oxygen atoms in total. The summed E-state index contributed by atoms with van der Waals surface area (Å²) < 4.78 is 9.03. The Balaban J connectivity index is 0.000000178. The molecular formula is C54H64N6O5. The van der Waals surface area contributed by atoms with Crippen molar-refractivity contribution in [2.75, 3.05) is 65.6 Å². The first kappa shape index (κ1) is 45.5. The zero-order valence-electron chi connectivity index (χ0n) is 37.9. The number of amides is 3. The van der Waals surface area contributed by atoms with Gasteiger partial charge < -0.3 is 24.4 Å². The van der Waals surface area contributed by atoms with E-state index in [9.17, 15) is 19.2 Å². The van der Waals surface area contributed by atoms with Gasteiger partial charge in [-0.05, 0) is 116 Å². The molecule has 4 aromatic carbocycles. The van der Waals surface area contributed by atoms with Gasteiger partial charge in [0.2, 0.25) is 11.8 Å². The number of ether oxygens (including phenoxy) is 1. The lowest BCUT2D eigenvalue weighted by Crippen LogP contribution is -2.38. The number of carbonyl (C=O) groups is 4. The smallest absolute Gasteiger partial charge is 0.253 e. The summed E-state index contributed by atoms with van der Waals surface area (Å²) in [6.07, 6.45) is 11.5. The Morgan fingerprint density at radius 2 is 1.14 bits per heavy atom. The Morgan fingerprint density at radius 3 is 1.69 bits per heavy atom. The third kappa shape index (κ3) is 12.0. The number of nitrogens with zero attached hydrogens (tertiary/aromatic N) is 5.